The summed E-state index contributed by atoms with van der Waals surface area (Å²) in [5, 5.41) is 0. The second-order valence-corrected chi connectivity index (χ2v) is 10.6. The van der Waals surface area contributed by atoms with E-state index in [1.165, 1.54) is 4.90 Å². The summed E-state index contributed by atoms with van der Waals surface area (Å²) in [5.41, 5.74) is 0.0883. The zero-order chi connectivity index (χ0) is 27.6. The van der Waals surface area contributed by atoms with Gasteiger partial charge >= 0.3 is 0 Å². The Kier molecular flexibility index (Phi) is 18.6. The maximum Gasteiger partial charge on any atom is 0.249 e. The quantitative estimate of drug-likeness (QED) is 0.208. The Hall–Kier alpha value is -1.63. The molecule has 0 fully saturated rings. The van der Waals surface area contributed by atoms with E-state index < -0.39 is 0 Å². The number of likely N-dealkylation sites (N-methyl/N-ethyl adjacent to an activating group) is 2. The number of amides is 3. The minimum absolute atomic E-state index is 0.0883. The molecule has 0 heterocycles. The molecule has 0 aromatic carbocycles. The van der Waals surface area contributed by atoms with Crippen LogP contribution in [-0.2, 0) is 19.1 Å². The van der Waals surface area contributed by atoms with Crippen LogP contribution in [0.5, 0.6) is 0 Å². The lowest BCUT2D eigenvalue weighted by atomic mass is 9.76. The van der Waals surface area contributed by atoms with E-state index in [1.54, 1.807) is 9.80 Å². The number of rotatable bonds is 21. The Balaban J connectivity index is 5.50. The van der Waals surface area contributed by atoms with Gasteiger partial charge < -0.3 is 19.4 Å². The fraction of sp³-hybridized carbons (Fsp3) is 0.897. The highest BCUT2D eigenvalue weighted by molar-refractivity contribution is 5.89. The summed E-state index contributed by atoms with van der Waals surface area (Å²) in [6, 6.07) is 0. The van der Waals surface area contributed by atoms with Crippen LogP contribution in [0.25, 0.3) is 0 Å². The van der Waals surface area contributed by atoms with E-state index >= 15 is 0 Å². The van der Waals surface area contributed by atoms with Gasteiger partial charge in [-0.2, -0.15) is 0 Å². The molecule has 0 N–H and O–H groups in total. The van der Waals surface area contributed by atoms with E-state index in [4.69, 9.17) is 4.74 Å². The largest absolute Gasteiger partial charge is 0.371 e. The number of nitrogens with zero attached hydrogens (tertiary/aromatic N) is 3. The molecule has 0 bridgehead atoms. The van der Waals surface area contributed by atoms with Crippen LogP contribution in [0.2, 0.25) is 0 Å². The third-order valence-electron chi connectivity index (χ3n) is 6.92. The van der Waals surface area contributed by atoms with Crippen LogP contribution in [-0.4, -0.2) is 84.9 Å². The first kappa shape index (κ1) is 34.4. The first-order valence-electron chi connectivity index (χ1n) is 14.5. The molecule has 36 heavy (non-hydrogen) atoms. The molecule has 3 amide bonds. The normalized spacial score (nSPS) is 11.6. The van der Waals surface area contributed by atoms with E-state index in [2.05, 4.69) is 34.6 Å². The Bertz CT molecular complexity index is 607. The van der Waals surface area contributed by atoms with Crippen LogP contribution in [0.4, 0.5) is 0 Å². The van der Waals surface area contributed by atoms with Gasteiger partial charge in [0.1, 0.15) is 19.7 Å². The van der Waals surface area contributed by atoms with Crippen molar-refractivity contribution in [1.29, 1.82) is 0 Å². The number of carbonyl (C=O) groups is 3. The average Bonchev–Trinajstić information content (AvgIpc) is 2.82. The van der Waals surface area contributed by atoms with E-state index in [9.17, 15) is 14.4 Å². The van der Waals surface area contributed by atoms with E-state index in [-0.39, 0.29) is 42.8 Å². The Labute approximate surface area is 222 Å². The molecule has 7 nitrogen and oxygen atoms in total. The number of carbonyl (C=O) groups excluding carboxylic acids is 3. The lowest BCUT2D eigenvalue weighted by Gasteiger charge is -2.34. The molecule has 0 radical (unpaired) electrons. The Morgan fingerprint density at radius 3 is 1.53 bits per heavy atom. The Morgan fingerprint density at radius 1 is 0.667 bits per heavy atom. The summed E-state index contributed by atoms with van der Waals surface area (Å²) in [6.45, 7) is 19.5. The van der Waals surface area contributed by atoms with Gasteiger partial charge in [-0.15, -0.1) is 0 Å². The SMILES string of the molecule is CCCN(CC)C(=O)CN(CC(=O)N(CC)CCC(C)C)C(=O)COCC(CCC)(CCC)CCC. The molecular formula is C29H57N3O4. The standard InChI is InChI=1S/C29H57N3O4/c1-9-16-29(17-10-2,18-11-3)24-36-23-28(35)32(21-26(33)30(13-5)19-12-4)22-27(34)31(14-6)20-15-25(7)8/h25H,9-24H2,1-8H3. The fourth-order valence-corrected chi connectivity index (χ4v) is 4.99. The summed E-state index contributed by atoms with van der Waals surface area (Å²) in [4.78, 5) is 44.3. The van der Waals surface area contributed by atoms with Gasteiger partial charge in [0.05, 0.1) is 6.61 Å². The van der Waals surface area contributed by atoms with Crippen molar-refractivity contribution in [2.75, 3.05) is 52.5 Å². The van der Waals surface area contributed by atoms with E-state index in [0.717, 1.165) is 51.4 Å². The van der Waals surface area contributed by atoms with Gasteiger partial charge in [0.15, 0.2) is 0 Å². The molecule has 0 aromatic heterocycles. The maximum atomic E-state index is 13.3. The molecule has 0 spiro atoms. The molecule has 0 atom stereocenters. The molecule has 0 rings (SSSR count). The molecule has 0 aliphatic carbocycles. The minimum Gasteiger partial charge on any atom is -0.371 e. The average molecular weight is 512 g/mol. The van der Waals surface area contributed by atoms with Crippen molar-refractivity contribution in [3.05, 3.63) is 0 Å². The van der Waals surface area contributed by atoms with Gasteiger partial charge in [0.25, 0.3) is 0 Å². The second-order valence-electron chi connectivity index (χ2n) is 10.6. The van der Waals surface area contributed by atoms with Crippen molar-refractivity contribution in [1.82, 2.24) is 14.7 Å². The van der Waals surface area contributed by atoms with Crippen LogP contribution in [0.1, 0.15) is 107 Å². The molecule has 0 saturated heterocycles. The van der Waals surface area contributed by atoms with Gasteiger partial charge in [-0.1, -0.05) is 60.8 Å². The van der Waals surface area contributed by atoms with Crippen LogP contribution in [0.15, 0.2) is 0 Å². The van der Waals surface area contributed by atoms with Gasteiger partial charge in [-0.05, 0) is 57.3 Å². The zero-order valence-corrected chi connectivity index (χ0v) is 24.9. The topological polar surface area (TPSA) is 70.2 Å². The highest BCUT2D eigenvalue weighted by atomic mass is 16.5. The lowest BCUT2D eigenvalue weighted by Crippen LogP contribution is -2.49. The monoisotopic (exact) mass is 511 g/mol. The van der Waals surface area contributed by atoms with Crippen molar-refractivity contribution in [3.63, 3.8) is 0 Å². The number of hydrogen-bond acceptors (Lipinski definition) is 4. The van der Waals surface area contributed by atoms with Crippen LogP contribution >= 0.6 is 0 Å². The fourth-order valence-electron chi connectivity index (χ4n) is 4.99. The third kappa shape index (κ3) is 13.1. The van der Waals surface area contributed by atoms with Crippen molar-refractivity contribution >= 4 is 17.7 Å². The van der Waals surface area contributed by atoms with E-state index in [0.29, 0.717) is 38.7 Å². The molecule has 7 heteroatoms. The molecule has 212 valence electrons. The maximum absolute atomic E-state index is 13.3. The third-order valence-corrected chi connectivity index (χ3v) is 6.92. The minimum atomic E-state index is -0.289. The van der Waals surface area contributed by atoms with Gasteiger partial charge in [0.2, 0.25) is 17.7 Å². The molecule has 0 aliphatic heterocycles. The van der Waals surface area contributed by atoms with Gasteiger partial charge in [-0.3, -0.25) is 14.4 Å². The second kappa shape index (κ2) is 19.5. The summed E-state index contributed by atoms with van der Waals surface area (Å²) >= 11 is 0. The number of ether oxygens (including phenoxy) is 1. The predicted molar refractivity (Wildman–Crippen MR) is 149 cm³/mol. The zero-order valence-electron chi connectivity index (χ0n) is 24.9. The molecule has 0 saturated carbocycles. The van der Waals surface area contributed by atoms with Crippen LogP contribution < -0.4 is 0 Å². The summed E-state index contributed by atoms with van der Waals surface area (Å²) in [7, 11) is 0. The van der Waals surface area contributed by atoms with Crippen molar-refractivity contribution in [2.24, 2.45) is 11.3 Å². The number of hydrogen-bond donors (Lipinski definition) is 0. The van der Waals surface area contributed by atoms with Crippen molar-refractivity contribution in [2.45, 2.75) is 107 Å². The Morgan fingerprint density at radius 2 is 1.14 bits per heavy atom. The van der Waals surface area contributed by atoms with E-state index in [1.807, 2.05) is 20.8 Å². The van der Waals surface area contributed by atoms with Crippen LogP contribution in [0.3, 0.4) is 0 Å². The first-order chi connectivity index (χ1) is 17.1. The molecule has 0 unspecified atom stereocenters. The predicted octanol–water partition coefficient (Wildman–Crippen LogP) is 5.37. The smallest absolute Gasteiger partial charge is 0.249 e. The van der Waals surface area contributed by atoms with Gasteiger partial charge in [-0.25, -0.2) is 0 Å². The molecular weight excluding hydrogens is 454 g/mol. The summed E-state index contributed by atoms with van der Waals surface area (Å²) in [5.74, 6) is -0.0398. The summed E-state index contributed by atoms with van der Waals surface area (Å²) in [6.07, 6.45) is 8.24. The first-order valence-corrected chi connectivity index (χ1v) is 14.5. The van der Waals surface area contributed by atoms with Gasteiger partial charge in [0, 0.05) is 26.2 Å². The molecule has 0 aromatic rings. The highest BCUT2D eigenvalue weighted by Gasteiger charge is 2.29. The lowest BCUT2D eigenvalue weighted by molar-refractivity contribution is -0.148. The molecule has 0 aliphatic rings. The summed E-state index contributed by atoms with van der Waals surface area (Å²) < 4.78 is 6.02. The van der Waals surface area contributed by atoms with Crippen molar-refractivity contribution < 1.29 is 19.1 Å². The van der Waals surface area contributed by atoms with Crippen molar-refractivity contribution in [3.8, 4) is 0 Å². The highest BCUT2D eigenvalue weighted by Crippen LogP contribution is 2.35. The van der Waals surface area contributed by atoms with Crippen LogP contribution in [0, 0.1) is 11.3 Å².